The molecule has 4 heterocycles. The predicted molar refractivity (Wildman–Crippen MR) is 123 cm³/mol. The molecule has 1 fully saturated rings. The van der Waals surface area contributed by atoms with Crippen LogP contribution in [0.25, 0.3) is 5.57 Å². The highest BCUT2D eigenvalue weighted by Gasteiger charge is 2.57. The van der Waals surface area contributed by atoms with Crippen molar-refractivity contribution in [2.45, 2.75) is 32.2 Å². The SMILES string of the molecule is CC(=O)N(c1cccs1)C1C(=O)N2C(C(=O)O)=C(c3cnc(NN=C(C)C)s3)CSC12. The van der Waals surface area contributed by atoms with Crippen LogP contribution in [-0.2, 0) is 14.4 Å². The zero-order chi connectivity index (χ0) is 22.3. The number of thioether (sulfide) groups is 1. The first-order chi connectivity index (χ1) is 14.8. The standard InChI is InChI=1S/C19H19N5O4S3/c1-9(2)21-22-19-20-7-12(31-19)11-8-30-17-15(16(26)24(17)14(11)18(27)28)23(10(3)25)13-5-4-6-29-13/h4-7,15,17H,8H2,1-3H3,(H,20,22)(H,27,28). The smallest absolute Gasteiger partial charge is 0.353 e. The van der Waals surface area contributed by atoms with Gasteiger partial charge in [-0.05, 0) is 31.4 Å². The number of amides is 2. The first-order valence-electron chi connectivity index (χ1n) is 9.27. The summed E-state index contributed by atoms with van der Waals surface area (Å²) in [7, 11) is 0. The number of β-lactam (4-membered cyclic amide) rings is 1. The van der Waals surface area contributed by atoms with Gasteiger partial charge in [-0.1, -0.05) is 11.3 Å². The molecule has 2 unspecified atom stereocenters. The van der Waals surface area contributed by atoms with Gasteiger partial charge in [-0.15, -0.1) is 23.1 Å². The van der Waals surface area contributed by atoms with Gasteiger partial charge < -0.3 is 5.11 Å². The number of hydrazone groups is 1. The number of hydrogen-bond donors (Lipinski definition) is 2. The first-order valence-corrected chi connectivity index (χ1v) is 12.0. The maximum absolute atomic E-state index is 13.1. The van der Waals surface area contributed by atoms with Crippen molar-refractivity contribution in [1.29, 1.82) is 0 Å². The van der Waals surface area contributed by atoms with Crippen molar-refractivity contribution in [2.24, 2.45) is 5.10 Å². The highest BCUT2D eigenvalue weighted by Crippen LogP contribution is 2.47. The van der Waals surface area contributed by atoms with Gasteiger partial charge >= 0.3 is 5.97 Å². The first kappa shape index (κ1) is 21.5. The number of thiophene rings is 1. The van der Waals surface area contributed by atoms with Gasteiger partial charge in [-0.2, -0.15) is 5.10 Å². The molecule has 2 aliphatic rings. The number of carboxylic acids is 1. The Morgan fingerprint density at radius 1 is 1.35 bits per heavy atom. The van der Waals surface area contributed by atoms with Crippen LogP contribution < -0.4 is 10.3 Å². The Morgan fingerprint density at radius 3 is 2.74 bits per heavy atom. The van der Waals surface area contributed by atoms with Crippen LogP contribution in [0.2, 0.25) is 0 Å². The third-order valence-corrected chi connectivity index (χ3v) is 7.78. The highest BCUT2D eigenvalue weighted by molar-refractivity contribution is 8.00. The second-order valence-corrected chi connectivity index (χ2v) is 10.1. The Balaban J connectivity index is 1.66. The van der Waals surface area contributed by atoms with Gasteiger partial charge in [-0.3, -0.25) is 24.8 Å². The third kappa shape index (κ3) is 3.86. The van der Waals surface area contributed by atoms with E-state index in [9.17, 15) is 19.5 Å². The quantitative estimate of drug-likeness (QED) is 0.373. The molecular weight excluding hydrogens is 458 g/mol. The van der Waals surface area contributed by atoms with Gasteiger partial charge in [0.15, 0.2) is 0 Å². The zero-order valence-electron chi connectivity index (χ0n) is 16.9. The van der Waals surface area contributed by atoms with Crippen molar-refractivity contribution >= 4 is 73.6 Å². The van der Waals surface area contributed by atoms with Crippen LogP contribution in [0.5, 0.6) is 0 Å². The lowest BCUT2D eigenvalue weighted by atomic mass is 10.0. The van der Waals surface area contributed by atoms with Gasteiger partial charge in [-0.25, -0.2) is 9.78 Å². The van der Waals surface area contributed by atoms with Gasteiger partial charge in [0.1, 0.15) is 17.1 Å². The maximum atomic E-state index is 13.1. The Bertz CT molecular complexity index is 1100. The van der Waals surface area contributed by atoms with Crippen LogP contribution in [0.4, 0.5) is 10.1 Å². The number of aromatic nitrogens is 1. The number of rotatable bonds is 6. The van der Waals surface area contributed by atoms with E-state index >= 15 is 0 Å². The lowest BCUT2D eigenvalue weighted by Gasteiger charge is -2.52. The molecular formula is C19H19N5O4S3. The molecule has 0 radical (unpaired) electrons. The van der Waals surface area contributed by atoms with E-state index in [1.807, 2.05) is 25.3 Å². The van der Waals surface area contributed by atoms with E-state index in [1.165, 1.54) is 51.2 Å². The molecule has 2 atom stereocenters. The Morgan fingerprint density at radius 2 is 2.13 bits per heavy atom. The molecule has 2 aromatic heterocycles. The zero-order valence-corrected chi connectivity index (χ0v) is 19.3. The number of carboxylic acid groups (broad SMARTS) is 1. The van der Waals surface area contributed by atoms with Crippen LogP contribution in [0.3, 0.4) is 0 Å². The molecule has 2 N–H and O–H groups in total. The van der Waals surface area contributed by atoms with Gasteiger partial charge in [0, 0.05) is 30.2 Å². The highest BCUT2D eigenvalue weighted by atomic mass is 32.2. The predicted octanol–water partition coefficient (Wildman–Crippen LogP) is 3.14. The molecule has 0 saturated carbocycles. The molecule has 162 valence electrons. The molecule has 2 amide bonds. The average Bonchev–Trinajstić information content (AvgIpc) is 3.40. The summed E-state index contributed by atoms with van der Waals surface area (Å²) in [6.45, 7) is 5.10. The van der Waals surface area contributed by atoms with Crippen molar-refractivity contribution in [3.8, 4) is 0 Å². The fourth-order valence-corrected chi connectivity index (χ4v) is 6.52. The third-order valence-electron chi connectivity index (χ3n) is 4.68. The molecule has 0 aromatic carbocycles. The Hall–Kier alpha value is -2.70. The van der Waals surface area contributed by atoms with Crippen LogP contribution in [0.1, 0.15) is 25.6 Å². The van der Waals surface area contributed by atoms with E-state index in [2.05, 4.69) is 15.5 Å². The summed E-state index contributed by atoms with van der Waals surface area (Å²) in [5.74, 6) is -1.44. The number of hydrogen-bond acceptors (Lipinski definition) is 9. The van der Waals surface area contributed by atoms with E-state index in [0.717, 1.165) is 5.71 Å². The maximum Gasteiger partial charge on any atom is 0.353 e. The molecule has 31 heavy (non-hydrogen) atoms. The summed E-state index contributed by atoms with van der Waals surface area (Å²) in [5, 5.41) is 16.6. The van der Waals surface area contributed by atoms with Gasteiger partial charge in [0.2, 0.25) is 11.0 Å². The average molecular weight is 478 g/mol. The molecule has 0 spiro atoms. The minimum atomic E-state index is -1.18. The molecule has 9 nitrogen and oxygen atoms in total. The van der Waals surface area contributed by atoms with Crippen molar-refractivity contribution < 1.29 is 19.5 Å². The van der Waals surface area contributed by atoms with Crippen LogP contribution in [0, 0.1) is 0 Å². The van der Waals surface area contributed by atoms with Crippen molar-refractivity contribution in [3.63, 3.8) is 0 Å². The van der Waals surface area contributed by atoms with Crippen LogP contribution >= 0.6 is 34.4 Å². The fourth-order valence-electron chi connectivity index (χ4n) is 3.41. The topological polar surface area (TPSA) is 115 Å². The van der Waals surface area contributed by atoms with E-state index in [-0.39, 0.29) is 11.6 Å². The lowest BCUT2D eigenvalue weighted by Crippen LogP contribution is -2.71. The van der Waals surface area contributed by atoms with Crippen LogP contribution in [-0.4, -0.2) is 55.7 Å². The summed E-state index contributed by atoms with van der Waals surface area (Å²) in [6, 6.07) is 2.87. The molecule has 2 aromatic rings. The monoisotopic (exact) mass is 477 g/mol. The Labute approximate surface area is 190 Å². The second-order valence-electron chi connectivity index (χ2n) is 7.03. The van der Waals surface area contributed by atoms with Crippen molar-refractivity contribution in [3.05, 3.63) is 34.3 Å². The largest absolute Gasteiger partial charge is 0.477 e. The number of aliphatic carboxylic acids is 1. The molecule has 1 saturated heterocycles. The molecule has 0 bridgehead atoms. The summed E-state index contributed by atoms with van der Waals surface area (Å²) >= 11 is 4.09. The molecule has 4 rings (SSSR count). The van der Waals surface area contributed by atoms with E-state index < -0.39 is 23.3 Å². The van der Waals surface area contributed by atoms with E-state index in [4.69, 9.17) is 0 Å². The lowest BCUT2D eigenvalue weighted by molar-refractivity contribution is -0.148. The summed E-state index contributed by atoms with van der Waals surface area (Å²) in [6.07, 6.45) is 1.59. The van der Waals surface area contributed by atoms with Crippen molar-refractivity contribution in [1.82, 2.24) is 9.88 Å². The summed E-state index contributed by atoms with van der Waals surface area (Å²) < 4.78 is 0. The minimum Gasteiger partial charge on any atom is -0.477 e. The number of fused-ring (bicyclic) bond motifs is 1. The van der Waals surface area contributed by atoms with Gasteiger partial charge in [0.05, 0.1) is 9.88 Å². The summed E-state index contributed by atoms with van der Waals surface area (Å²) in [5.41, 5.74) is 4.15. The summed E-state index contributed by atoms with van der Waals surface area (Å²) in [4.78, 5) is 45.2. The van der Waals surface area contributed by atoms with Crippen molar-refractivity contribution in [2.75, 3.05) is 16.1 Å². The number of anilines is 2. The molecule has 12 heteroatoms. The second kappa shape index (κ2) is 8.44. The van der Waals surface area contributed by atoms with E-state index in [0.29, 0.717) is 26.3 Å². The number of carbonyl (C=O) groups excluding carboxylic acids is 2. The van der Waals surface area contributed by atoms with Crippen LogP contribution in [0.15, 0.2) is 34.5 Å². The van der Waals surface area contributed by atoms with Gasteiger partial charge in [0.25, 0.3) is 5.91 Å². The number of thiazole rings is 1. The normalized spacial score (nSPS) is 20.1. The fraction of sp³-hybridized carbons (Fsp3) is 0.316. The number of nitrogens with zero attached hydrogens (tertiary/aromatic N) is 4. The Kier molecular flexibility index (Phi) is 5.86. The molecule has 0 aliphatic carbocycles. The van der Waals surface area contributed by atoms with E-state index in [1.54, 1.807) is 12.3 Å². The number of carbonyl (C=O) groups is 3. The minimum absolute atomic E-state index is 0.0509. The number of nitrogens with one attached hydrogen (secondary N) is 1. The molecule has 2 aliphatic heterocycles.